The Kier molecular flexibility index (Phi) is 10.9. The van der Waals surface area contributed by atoms with Gasteiger partial charge in [-0.3, -0.25) is 4.79 Å². The van der Waals surface area contributed by atoms with Crippen LogP contribution in [0.25, 0.3) is 0 Å². The van der Waals surface area contributed by atoms with Crippen LogP contribution in [-0.4, -0.2) is 19.1 Å². The van der Waals surface area contributed by atoms with E-state index in [4.69, 9.17) is 4.74 Å². The van der Waals surface area contributed by atoms with Crippen LogP contribution in [0.1, 0.15) is 56.0 Å². The highest BCUT2D eigenvalue weighted by Crippen LogP contribution is 2.27. The number of aryl methyl sites for hydroxylation is 1. The summed E-state index contributed by atoms with van der Waals surface area (Å²) in [5.41, 5.74) is 3.79. The van der Waals surface area contributed by atoms with Gasteiger partial charge < -0.3 is 15.4 Å². The van der Waals surface area contributed by atoms with Crippen molar-refractivity contribution in [2.45, 2.75) is 52.5 Å². The molecule has 0 aliphatic carbocycles. The second kappa shape index (κ2) is 13.9. The Morgan fingerprint density at radius 1 is 0.906 bits per heavy atom. The monoisotopic (exact) mass is 432 g/mol. The standard InChI is InChI=1S/C20H26N2O2.C8H10/c1-4-9-16(5-2)22-20(23)15-10-8-11-17(14-15)21-18-12-6-7-13-19(18)24-3;1-2-8-6-4-3-5-7-8/h6-8,10-14,16,21H,4-5,9H2,1-3H3,(H,22,23);3-7H,2H2,1H3. The van der Waals surface area contributed by atoms with Gasteiger partial charge >= 0.3 is 0 Å². The van der Waals surface area contributed by atoms with Gasteiger partial charge in [0.2, 0.25) is 0 Å². The molecular formula is C28H36N2O2. The van der Waals surface area contributed by atoms with E-state index in [2.05, 4.69) is 55.7 Å². The molecule has 3 aromatic rings. The molecule has 0 aliphatic heterocycles. The predicted molar refractivity (Wildman–Crippen MR) is 135 cm³/mol. The molecule has 4 nitrogen and oxygen atoms in total. The number of amides is 1. The van der Waals surface area contributed by atoms with Gasteiger partial charge in [0.05, 0.1) is 12.8 Å². The largest absolute Gasteiger partial charge is 0.495 e. The van der Waals surface area contributed by atoms with E-state index in [0.717, 1.165) is 42.8 Å². The van der Waals surface area contributed by atoms with Crippen LogP contribution in [0, 0.1) is 0 Å². The fourth-order valence-corrected chi connectivity index (χ4v) is 3.35. The molecule has 1 amide bonds. The van der Waals surface area contributed by atoms with Gasteiger partial charge in [-0.1, -0.05) is 75.7 Å². The molecule has 0 radical (unpaired) electrons. The first-order valence-corrected chi connectivity index (χ1v) is 11.5. The molecule has 1 atom stereocenters. The third kappa shape index (κ3) is 8.10. The third-order valence-electron chi connectivity index (χ3n) is 5.23. The molecule has 2 N–H and O–H groups in total. The molecule has 3 aromatic carbocycles. The van der Waals surface area contributed by atoms with Crippen LogP contribution in [0.15, 0.2) is 78.9 Å². The molecule has 0 aromatic heterocycles. The van der Waals surface area contributed by atoms with E-state index in [1.807, 2.05) is 54.6 Å². The summed E-state index contributed by atoms with van der Waals surface area (Å²) in [7, 11) is 1.64. The van der Waals surface area contributed by atoms with E-state index in [0.29, 0.717) is 5.56 Å². The van der Waals surface area contributed by atoms with Crippen LogP contribution in [0.5, 0.6) is 5.75 Å². The Hall–Kier alpha value is -3.27. The summed E-state index contributed by atoms with van der Waals surface area (Å²) < 4.78 is 5.35. The molecule has 32 heavy (non-hydrogen) atoms. The number of nitrogens with one attached hydrogen (secondary N) is 2. The van der Waals surface area contributed by atoms with E-state index in [9.17, 15) is 4.79 Å². The SMILES string of the molecule is CCCC(CC)NC(=O)c1cccc(Nc2ccccc2OC)c1.CCc1ccccc1. The van der Waals surface area contributed by atoms with Crippen molar-refractivity contribution in [1.82, 2.24) is 5.32 Å². The summed E-state index contributed by atoms with van der Waals surface area (Å²) in [6, 6.07) is 25.9. The van der Waals surface area contributed by atoms with E-state index >= 15 is 0 Å². The number of ether oxygens (including phenoxy) is 1. The molecule has 1 unspecified atom stereocenters. The highest BCUT2D eigenvalue weighted by molar-refractivity contribution is 5.95. The van der Waals surface area contributed by atoms with Crippen LogP contribution in [-0.2, 0) is 6.42 Å². The molecule has 0 fully saturated rings. The van der Waals surface area contributed by atoms with Crippen LogP contribution < -0.4 is 15.4 Å². The lowest BCUT2D eigenvalue weighted by Gasteiger charge is -2.16. The lowest BCUT2D eigenvalue weighted by Crippen LogP contribution is -2.34. The highest BCUT2D eigenvalue weighted by atomic mass is 16.5. The molecular weight excluding hydrogens is 396 g/mol. The molecule has 0 heterocycles. The first kappa shape index (κ1) is 25.0. The van der Waals surface area contributed by atoms with Crippen LogP contribution in [0.2, 0.25) is 0 Å². The summed E-state index contributed by atoms with van der Waals surface area (Å²) in [5.74, 6) is 0.736. The van der Waals surface area contributed by atoms with Crippen molar-refractivity contribution in [3.8, 4) is 5.75 Å². The Morgan fingerprint density at radius 3 is 2.25 bits per heavy atom. The maximum atomic E-state index is 12.5. The molecule has 0 saturated heterocycles. The van der Waals surface area contributed by atoms with Crippen LogP contribution in [0.3, 0.4) is 0 Å². The summed E-state index contributed by atoms with van der Waals surface area (Å²) in [5, 5.41) is 6.41. The number of rotatable bonds is 9. The number of carbonyl (C=O) groups is 1. The van der Waals surface area contributed by atoms with Gasteiger partial charge in [-0.2, -0.15) is 0 Å². The normalized spacial score (nSPS) is 11.0. The van der Waals surface area contributed by atoms with Crippen molar-refractivity contribution < 1.29 is 9.53 Å². The topological polar surface area (TPSA) is 50.4 Å². The van der Waals surface area contributed by atoms with Gasteiger partial charge in [0.1, 0.15) is 5.75 Å². The number of hydrogen-bond acceptors (Lipinski definition) is 3. The minimum Gasteiger partial charge on any atom is -0.495 e. The molecule has 4 heteroatoms. The highest BCUT2D eigenvalue weighted by Gasteiger charge is 2.12. The summed E-state index contributed by atoms with van der Waals surface area (Å²) in [4.78, 5) is 12.5. The van der Waals surface area contributed by atoms with E-state index in [-0.39, 0.29) is 11.9 Å². The quantitative estimate of drug-likeness (QED) is 0.383. The zero-order chi connectivity index (χ0) is 23.2. The number of carbonyl (C=O) groups excluding carboxylic acids is 1. The smallest absolute Gasteiger partial charge is 0.251 e. The van der Waals surface area contributed by atoms with Crippen molar-refractivity contribution in [2.24, 2.45) is 0 Å². The number of para-hydroxylation sites is 2. The van der Waals surface area contributed by atoms with Crippen molar-refractivity contribution in [1.29, 1.82) is 0 Å². The number of hydrogen-bond donors (Lipinski definition) is 2. The van der Waals surface area contributed by atoms with Crippen molar-refractivity contribution in [3.05, 3.63) is 90.0 Å². The summed E-state index contributed by atoms with van der Waals surface area (Å²) in [6.07, 6.45) is 4.15. The van der Waals surface area contributed by atoms with Crippen LogP contribution >= 0.6 is 0 Å². The fraction of sp³-hybridized carbons (Fsp3) is 0.321. The average Bonchev–Trinajstić information content (AvgIpc) is 2.85. The average molecular weight is 433 g/mol. The Labute approximate surface area is 193 Å². The first-order chi connectivity index (χ1) is 15.6. The first-order valence-electron chi connectivity index (χ1n) is 11.5. The zero-order valence-electron chi connectivity index (χ0n) is 19.7. The lowest BCUT2D eigenvalue weighted by atomic mass is 10.1. The molecule has 0 aliphatic rings. The van der Waals surface area contributed by atoms with E-state index in [1.54, 1.807) is 7.11 Å². The molecule has 0 saturated carbocycles. The van der Waals surface area contributed by atoms with Crippen molar-refractivity contribution in [3.63, 3.8) is 0 Å². The van der Waals surface area contributed by atoms with Gasteiger partial charge in [-0.05, 0) is 55.2 Å². The Morgan fingerprint density at radius 2 is 1.62 bits per heavy atom. The van der Waals surface area contributed by atoms with Gasteiger partial charge in [-0.25, -0.2) is 0 Å². The van der Waals surface area contributed by atoms with Crippen molar-refractivity contribution >= 4 is 17.3 Å². The minimum absolute atomic E-state index is 0.0287. The molecule has 0 bridgehead atoms. The Balaban J connectivity index is 0.000000380. The van der Waals surface area contributed by atoms with Crippen LogP contribution in [0.4, 0.5) is 11.4 Å². The number of anilines is 2. The lowest BCUT2D eigenvalue weighted by molar-refractivity contribution is 0.0934. The third-order valence-corrected chi connectivity index (χ3v) is 5.23. The molecule has 170 valence electrons. The second-order valence-electron chi connectivity index (χ2n) is 7.61. The maximum Gasteiger partial charge on any atom is 0.251 e. The van der Waals surface area contributed by atoms with E-state index < -0.39 is 0 Å². The van der Waals surface area contributed by atoms with Gasteiger partial charge in [0, 0.05) is 17.3 Å². The van der Waals surface area contributed by atoms with E-state index in [1.165, 1.54) is 5.56 Å². The van der Waals surface area contributed by atoms with Gasteiger partial charge in [0.15, 0.2) is 0 Å². The predicted octanol–water partition coefficient (Wildman–Crippen LogP) is 7.00. The number of benzene rings is 3. The maximum absolute atomic E-state index is 12.5. The number of methoxy groups -OCH3 is 1. The Bertz CT molecular complexity index is 941. The van der Waals surface area contributed by atoms with Gasteiger partial charge in [0.25, 0.3) is 5.91 Å². The zero-order valence-corrected chi connectivity index (χ0v) is 19.7. The van der Waals surface area contributed by atoms with Crippen molar-refractivity contribution in [2.75, 3.05) is 12.4 Å². The molecule has 0 spiro atoms. The fourth-order valence-electron chi connectivity index (χ4n) is 3.35. The molecule has 3 rings (SSSR count). The minimum atomic E-state index is -0.0287. The second-order valence-corrected chi connectivity index (χ2v) is 7.61. The summed E-state index contributed by atoms with van der Waals surface area (Å²) in [6.45, 7) is 6.39. The summed E-state index contributed by atoms with van der Waals surface area (Å²) >= 11 is 0. The van der Waals surface area contributed by atoms with Gasteiger partial charge in [-0.15, -0.1) is 0 Å².